The Balaban J connectivity index is 0.830. The van der Waals surface area contributed by atoms with Crippen molar-refractivity contribution in [2.45, 2.75) is 0 Å². The molecule has 3 nitrogen and oxygen atoms in total. The van der Waals surface area contributed by atoms with Crippen LogP contribution in [0, 0.1) is 0 Å². The third-order valence-corrected chi connectivity index (χ3v) is 23.0. The maximum absolute atomic E-state index is 6.74. The first-order valence-electron chi connectivity index (χ1n) is 23.1. The number of nitrogens with zero attached hydrogens (tertiary/aromatic N) is 1. The van der Waals surface area contributed by atoms with Crippen LogP contribution in [-0.2, 0) is 0 Å². The van der Waals surface area contributed by atoms with E-state index in [1.54, 1.807) is 0 Å². The molecular weight excluding hydrogens is 883 g/mol. The van der Waals surface area contributed by atoms with Gasteiger partial charge in [-0.15, -0.1) is 0 Å². The number of benzene rings is 9. The second-order valence-corrected chi connectivity index (χ2v) is 24.8. The van der Waals surface area contributed by atoms with Gasteiger partial charge in [0.1, 0.15) is 11.2 Å². The third-order valence-electron chi connectivity index (χ3n) is 14.2. The molecule has 0 fully saturated rings. The van der Waals surface area contributed by atoms with E-state index in [0.717, 1.165) is 60.7 Å². The summed E-state index contributed by atoms with van der Waals surface area (Å²) in [4.78, 5) is 3.80. The van der Waals surface area contributed by atoms with Gasteiger partial charge in [-0.1, -0.05) is 60.7 Å². The minimum atomic E-state index is -3.02. The average Bonchev–Trinajstić information content (AvgIpc) is 4.26. The van der Waals surface area contributed by atoms with Gasteiger partial charge < -0.3 is 8.98 Å². The number of furan rings is 2. The normalized spacial score (nSPS) is 12.4. The fourth-order valence-electron chi connectivity index (χ4n) is 11.1. The van der Waals surface area contributed by atoms with Crippen LogP contribution in [0.3, 0.4) is 0 Å². The van der Waals surface area contributed by atoms with E-state index in [4.69, 9.17) is 8.83 Å². The number of fused-ring (bicyclic) bond motifs is 9. The summed E-state index contributed by atoms with van der Waals surface area (Å²) in [7, 11) is -3.02. The van der Waals surface area contributed by atoms with Gasteiger partial charge in [-0.2, -0.15) is 0 Å². The molecule has 6 heteroatoms. The van der Waals surface area contributed by atoms with Crippen LogP contribution in [-0.4, -0.2) is 12.6 Å². The van der Waals surface area contributed by atoms with Gasteiger partial charge in [0, 0.05) is 32.8 Å². The zero-order valence-electron chi connectivity index (χ0n) is 36.7. The standard InChI is InChI=1S/C62H40NO2S2Si/c1-4-15-43(16-5-1)68(44-17-6-2-7-18-44,45-19-8-3-9-20-45)61-36-35-60(67-61)59-34-33-58(66-59)41-28-31-56-51(38-41)50-37-40(27-30-55(50)64-56)46-23-14-24-49-52-39-42(29-32-57(52)65-62(46)49)63-53-25-12-10-21-47(53)48-22-11-13-26-54(48)63/h1-39,68H/q-1. The molecule has 0 unspecified atom stereocenters. The summed E-state index contributed by atoms with van der Waals surface area (Å²) in [5.74, 6) is 0. The Morgan fingerprint density at radius 2 is 0.838 bits per heavy atom. The quantitative estimate of drug-likeness (QED) is 0.112. The van der Waals surface area contributed by atoms with Gasteiger partial charge in [0.15, 0.2) is 0 Å². The van der Waals surface area contributed by atoms with E-state index in [1.807, 2.05) is 22.7 Å². The van der Waals surface area contributed by atoms with Crippen LogP contribution < -0.4 is 20.1 Å². The molecule has 0 aliphatic rings. The van der Waals surface area contributed by atoms with Gasteiger partial charge in [0.05, 0.1) is 11.0 Å². The number of aromatic nitrogens is 1. The molecule has 68 heavy (non-hydrogen) atoms. The molecule has 0 saturated carbocycles. The second-order valence-electron chi connectivity index (χ2n) is 17.8. The van der Waals surface area contributed by atoms with Crippen LogP contribution >= 0.6 is 22.7 Å². The zero-order chi connectivity index (χ0) is 44.8. The molecule has 5 heterocycles. The van der Waals surface area contributed by atoms with Gasteiger partial charge in [0.2, 0.25) is 0 Å². The van der Waals surface area contributed by atoms with Crippen molar-refractivity contribution in [2.75, 3.05) is 0 Å². The molecule has 0 bridgehead atoms. The Labute approximate surface area is 401 Å². The average molecular weight is 923 g/mol. The van der Waals surface area contributed by atoms with E-state index in [-0.39, 0.29) is 0 Å². The van der Waals surface area contributed by atoms with Gasteiger partial charge in [-0.3, -0.25) is 0 Å². The summed E-state index contributed by atoms with van der Waals surface area (Å²) >= 11 is 3.81. The van der Waals surface area contributed by atoms with Gasteiger partial charge in [-0.25, -0.2) is 0 Å². The molecule has 0 aliphatic carbocycles. The molecule has 0 spiro atoms. The summed E-state index contributed by atoms with van der Waals surface area (Å²) in [6.45, 7) is 0. The fourth-order valence-corrected chi connectivity index (χ4v) is 20.2. The minimum absolute atomic E-state index is 0.871. The van der Waals surface area contributed by atoms with Crippen LogP contribution in [0.2, 0.25) is 0 Å². The van der Waals surface area contributed by atoms with Crippen molar-refractivity contribution in [3.8, 4) is 37.0 Å². The van der Waals surface area contributed by atoms with E-state index < -0.39 is 8.07 Å². The molecule has 0 N–H and O–H groups in total. The van der Waals surface area contributed by atoms with Gasteiger partial charge >= 0.3 is 249 Å². The molecule has 14 rings (SSSR count). The number of para-hydroxylation sites is 3. The SMILES string of the molecule is c1ccc([SiH-](c2ccccc2)(c2ccccc2)c2ccc(-c3ccc(-c4ccc5oc6ccc(-c7cccc8c7oc7ccc(-n9c%10ccccc%10c%10ccccc%109)cc78)cc6c5c4)s3)s2)cc1. The Morgan fingerprint density at radius 1 is 0.338 bits per heavy atom. The molecule has 0 amide bonds. The van der Waals surface area contributed by atoms with Crippen molar-refractivity contribution in [1.29, 1.82) is 0 Å². The van der Waals surface area contributed by atoms with Crippen molar-refractivity contribution in [2.24, 2.45) is 0 Å². The topological polar surface area (TPSA) is 31.2 Å². The summed E-state index contributed by atoms with van der Waals surface area (Å²) in [6, 6.07) is 86.5. The monoisotopic (exact) mass is 922 g/mol. The number of hydrogen-bond donors (Lipinski definition) is 0. The van der Waals surface area contributed by atoms with E-state index in [9.17, 15) is 0 Å². The van der Waals surface area contributed by atoms with E-state index in [0.29, 0.717) is 0 Å². The Bertz CT molecular complexity index is 4060. The predicted octanol–water partition coefficient (Wildman–Crippen LogP) is 14.8. The first-order valence-corrected chi connectivity index (χ1v) is 27.1. The van der Waals surface area contributed by atoms with Crippen LogP contribution in [0.25, 0.3) is 103 Å². The van der Waals surface area contributed by atoms with Crippen LogP contribution in [0.5, 0.6) is 0 Å². The van der Waals surface area contributed by atoms with Gasteiger partial charge in [-0.05, 0) is 30.3 Å². The van der Waals surface area contributed by atoms with Crippen LogP contribution in [0.1, 0.15) is 0 Å². The number of hydrogen-bond acceptors (Lipinski definition) is 4. The first-order chi connectivity index (χ1) is 33.7. The first kappa shape index (κ1) is 39.2. The molecule has 322 valence electrons. The molecule has 0 radical (unpaired) electrons. The third kappa shape index (κ3) is 6.01. The fraction of sp³-hybridized carbons (Fsp3) is 0. The Hall–Kier alpha value is -8.00. The van der Waals surface area contributed by atoms with Gasteiger partial charge in [0.25, 0.3) is 0 Å². The molecule has 14 aromatic rings. The molecule has 5 aromatic heterocycles. The summed E-state index contributed by atoms with van der Waals surface area (Å²) in [6.07, 6.45) is 0. The molecule has 0 saturated heterocycles. The van der Waals surface area contributed by atoms with Crippen LogP contribution in [0.15, 0.2) is 245 Å². The predicted molar refractivity (Wildman–Crippen MR) is 292 cm³/mol. The number of thiophene rings is 2. The molecular formula is C62H40NO2S2Si-. The summed E-state index contributed by atoms with van der Waals surface area (Å²) in [5, 5.41) is 11.1. The maximum atomic E-state index is 6.74. The van der Waals surface area contributed by atoms with E-state index in [2.05, 4.69) is 241 Å². The Morgan fingerprint density at radius 3 is 1.50 bits per heavy atom. The number of rotatable bonds is 8. The van der Waals surface area contributed by atoms with Crippen molar-refractivity contribution in [3.63, 3.8) is 0 Å². The van der Waals surface area contributed by atoms with Crippen LogP contribution in [0.4, 0.5) is 0 Å². The molecule has 9 aromatic carbocycles. The van der Waals surface area contributed by atoms with E-state index >= 15 is 0 Å². The molecule has 0 atom stereocenters. The van der Waals surface area contributed by atoms with Crippen molar-refractivity contribution in [1.82, 2.24) is 4.57 Å². The summed E-state index contributed by atoms with van der Waals surface area (Å²) < 4.78 is 17.0. The summed E-state index contributed by atoms with van der Waals surface area (Å²) in [5.41, 5.74) is 10.3. The molecule has 0 aliphatic heterocycles. The zero-order valence-corrected chi connectivity index (χ0v) is 39.5. The Kier molecular flexibility index (Phi) is 8.96. The van der Waals surface area contributed by atoms with E-state index in [1.165, 1.54) is 62.1 Å². The van der Waals surface area contributed by atoms with Crippen molar-refractivity contribution in [3.05, 3.63) is 237 Å². The second kappa shape index (κ2) is 15.5. The van der Waals surface area contributed by atoms with Crippen molar-refractivity contribution < 1.29 is 8.83 Å². The van der Waals surface area contributed by atoms with Crippen molar-refractivity contribution >= 4 is 116 Å².